The number of hydrogen-bond donors (Lipinski definition) is 4. The molecular weight excluding hydrogens is 556 g/mol. The molecule has 5 N–H and O–H groups in total. The first kappa shape index (κ1) is 30.6. The number of hydrogen-bond acceptors (Lipinski definition) is 9. The van der Waals surface area contributed by atoms with Gasteiger partial charge in [0.2, 0.25) is 11.9 Å². The van der Waals surface area contributed by atoms with E-state index in [1.165, 1.54) is 6.08 Å². The smallest absolute Gasteiger partial charge is 0.255 e. The number of amides is 2. The molecule has 0 saturated carbocycles. The average Bonchev–Trinajstić information content (AvgIpc) is 3.42. The molecule has 2 aromatic heterocycles. The molecule has 4 aromatic rings. The number of likely N-dealkylation sites (N-methyl/N-ethyl adjacent to an activating group) is 1. The molecule has 1 aliphatic heterocycles. The van der Waals surface area contributed by atoms with Crippen molar-refractivity contribution in [1.82, 2.24) is 24.4 Å². The van der Waals surface area contributed by atoms with Gasteiger partial charge in [-0.15, -0.1) is 0 Å². The number of nitrogens with two attached hydrogens (primary N) is 1. The number of anilines is 5. The summed E-state index contributed by atoms with van der Waals surface area (Å²) in [5.41, 5.74) is 10.1. The Morgan fingerprint density at radius 2 is 1.84 bits per heavy atom. The third kappa shape index (κ3) is 7.57. The number of aromatic nitrogens is 4. The van der Waals surface area contributed by atoms with Crippen LogP contribution in [0.3, 0.4) is 0 Å². The van der Waals surface area contributed by atoms with Gasteiger partial charge in [0.1, 0.15) is 0 Å². The van der Waals surface area contributed by atoms with Gasteiger partial charge in [0.15, 0.2) is 17.0 Å². The lowest BCUT2D eigenvalue weighted by Crippen LogP contribution is -2.43. The lowest BCUT2D eigenvalue weighted by Gasteiger charge is -2.31. The maximum absolute atomic E-state index is 13.0. The Labute approximate surface area is 257 Å². The van der Waals surface area contributed by atoms with E-state index in [4.69, 9.17) is 15.7 Å². The van der Waals surface area contributed by atoms with Crippen LogP contribution in [0.1, 0.15) is 43.1 Å². The van der Waals surface area contributed by atoms with E-state index >= 15 is 0 Å². The normalized spacial score (nSPS) is 15.3. The predicted octanol–water partition coefficient (Wildman–Crippen LogP) is 4.39. The summed E-state index contributed by atoms with van der Waals surface area (Å²) in [5.74, 6) is 0.708. The van der Waals surface area contributed by atoms with Crippen molar-refractivity contribution in [2.24, 2.45) is 5.73 Å². The van der Waals surface area contributed by atoms with Crippen molar-refractivity contribution < 1.29 is 9.59 Å². The van der Waals surface area contributed by atoms with E-state index in [1.54, 1.807) is 36.7 Å². The molecule has 2 amide bonds. The van der Waals surface area contributed by atoms with Crippen molar-refractivity contribution in [3.8, 4) is 0 Å². The molecule has 0 radical (unpaired) electrons. The Morgan fingerprint density at radius 3 is 2.57 bits per heavy atom. The van der Waals surface area contributed by atoms with Crippen LogP contribution in [0.4, 0.5) is 28.8 Å². The van der Waals surface area contributed by atoms with Gasteiger partial charge in [0, 0.05) is 60.4 Å². The summed E-state index contributed by atoms with van der Waals surface area (Å²) in [6.45, 7) is 6.39. The molecular formula is C32H40N10O2. The lowest BCUT2D eigenvalue weighted by molar-refractivity contribution is -0.111. The van der Waals surface area contributed by atoms with E-state index in [2.05, 4.69) is 39.7 Å². The molecule has 1 saturated heterocycles. The van der Waals surface area contributed by atoms with E-state index in [1.807, 2.05) is 47.8 Å². The molecule has 0 bridgehead atoms. The highest BCUT2D eigenvalue weighted by Crippen LogP contribution is 2.29. The molecule has 1 fully saturated rings. The third-order valence-electron chi connectivity index (χ3n) is 7.24. The van der Waals surface area contributed by atoms with Crippen molar-refractivity contribution in [3.05, 3.63) is 72.6 Å². The van der Waals surface area contributed by atoms with Crippen LogP contribution in [0.15, 0.2) is 67.0 Å². The number of benzene rings is 2. The molecule has 1 aliphatic rings. The molecule has 1 unspecified atom stereocenters. The van der Waals surface area contributed by atoms with Crippen LogP contribution < -0.4 is 26.6 Å². The number of fused-ring (bicyclic) bond motifs is 1. The van der Waals surface area contributed by atoms with Crippen LogP contribution in [-0.2, 0) is 4.79 Å². The fraction of sp³-hybridized carbons (Fsp3) is 0.344. The van der Waals surface area contributed by atoms with Gasteiger partial charge < -0.3 is 36.1 Å². The fourth-order valence-corrected chi connectivity index (χ4v) is 4.98. The number of rotatable bonds is 10. The van der Waals surface area contributed by atoms with Gasteiger partial charge in [-0.1, -0.05) is 12.1 Å². The third-order valence-corrected chi connectivity index (χ3v) is 7.24. The minimum absolute atomic E-state index is 0.0833. The Bertz CT molecular complexity index is 1640. The zero-order valence-electron chi connectivity index (χ0n) is 25.6. The monoisotopic (exact) mass is 596 g/mol. The summed E-state index contributed by atoms with van der Waals surface area (Å²) in [5, 5.41) is 9.15. The van der Waals surface area contributed by atoms with Gasteiger partial charge in [-0.05, 0) is 83.2 Å². The second kappa shape index (κ2) is 13.7. The second-order valence-electron chi connectivity index (χ2n) is 11.5. The maximum atomic E-state index is 13.0. The number of carbonyl (C=O) groups is 2. The number of imidazole rings is 1. The first-order chi connectivity index (χ1) is 21.2. The van der Waals surface area contributed by atoms with Gasteiger partial charge in [-0.2, -0.15) is 9.97 Å². The predicted molar refractivity (Wildman–Crippen MR) is 176 cm³/mol. The number of carbonyl (C=O) groups excluding carboxylic acids is 2. The molecule has 3 heterocycles. The highest BCUT2D eigenvalue weighted by molar-refractivity contribution is 6.05. The van der Waals surface area contributed by atoms with Crippen molar-refractivity contribution in [2.45, 2.75) is 38.8 Å². The van der Waals surface area contributed by atoms with Crippen molar-refractivity contribution in [3.63, 3.8) is 0 Å². The number of nitrogens with one attached hydrogen (secondary N) is 3. The summed E-state index contributed by atoms with van der Waals surface area (Å²) in [6, 6.07) is 14.4. The molecule has 44 heavy (non-hydrogen) atoms. The van der Waals surface area contributed by atoms with Crippen LogP contribution >= 0.6 is 0 Å². The van der Waals surface area contributed by atoms with Crippen molar-refractivity contribution in [1.29, 1.82) is 0 Å². The minimum Gasteiger partial charge on any atom is -0.339 e. The van der Waals surface area contributed by atoms with E-state index in [-0.39, 0.29) is 23.9 Å². The van der Waals surface area contributed by atoms with Crippen molar-refractivity contribution in [2.75, 3.05) is 54.6 Å². The number of nitrogens with zero attached hydrogens (tertiary/aromatic N) is 6. The maximum Gasteiger partial charge on any atom is 0.255 e. The Hall–Kier alpha value is -4.81. The quantitative estimate of drug-likeness (QED) is 0.196. The van der Waals surface area contributed by atoms with E-state index in [0.717, 1.165) is 30.7 Å². The second-order valence-corrected chi connectivity index (χ2v) is 11.5. The zero-order chi connectivity index (χ0) is 31.2. The van der Waals surface area contributed by atoms with Crippen LogP contribution in [0, 0.1) is 0 Å². The summed E-state index contributed by atoms with van der Waals surface area (Å²) in [7, 11) is 3.86. The molecule has 1 atom stereocenters. The summed E-state index contributed by atoms with van der Waals surface area (Å²) >= 11 is 0. The Kier molecular flexibility index (Phi) is 9.51. The van der Waals surface area contributed by atoms with Crippen LogP contribution in [0.25, 0.3) is 11.2 Å². The van der Waals surface area contributed by atoms with Gasteiger partial charge >= 0.3 is 0 Å². The van der Waals surface area contributed by atoms with E-state index in [0.29, 0.717) is 47.3 Å². The first-order valence-corrected chi connectivity index (χ1v) is 14.8. The largest absolute Gasteiger partial charge is 0.339 e. The van der Waals surface area contributed by atoms with Crippen LogP contribution in [0.5, 0.6) is 0 Å². The topological polar surface area (TPSA) is 146 Å². The summed E-state index contributed by atoms with van der Waals surface area (Å²) in [6.07, 6.45) is 7.05. The highest BCUT2D eigenvalue weighted by Gasteiger charge is 2.23. The molecule has 5 rings (SSSR count). The highest BCUT2D eigenvalue weighted by atomic mass is 16.2. The first-order valence-electron chi connectivity index (χ1n) is 14.8. The van der Waals surface area contributed by atoms with Gasteiger partial charge in [-0.25, -0.2) is 4.98 Å². The molecule has 12 nitrogen and oxygen atoms in total. The molecule has 230 valence electrons. The van der Waals surface area contributed by atoms with E-state index in [9.17, 15) is 9.59 Å². The van der Waals surface area contributed by atoms with Crippen molar-refractivity contribution >= 4 is 51.8 Å². The van der Waals surface area contributed by atoms with Gasteiger partial charge in [-0.3, -0.25) is 9.59 Å². The van der Waals surface area contributed by atoms with Crippen LogP contribution in [-0.4, -0.2) is 76.0 Å². The molecule has 0 spiro atoms. The van der Waals surface area contributed by atoms with Gasteiger partial charge in [0.25, 0.3) is 5.91 Å². The SMILES string of the molecule is CC(C)n1cnc2c(Nc3cccc(NC(=O)c4ccc(NC(=O)C=CCN(C)C)cc4)c3)nc(N3CCCC(N)C3)nc21. The van der Waals surface area contributed by atoms with E-state index < -0.39 is 0 Å². The lowest BCUT2D eigenvalue weighted by atomic mass is 10.1. The Balaban J connectivity index is 1.30. The summed E-state index contributed by atoms with van der Waals surface area (Å²) in [4.78, 5) is 43.6. The number of piperidine rings is 1. The fourth-order valence-electron chi connectivity index (χ4n) is 4.98. The average molecular weight is 597 g/mol. The van der Waals surface area contributed by atoms with Crippen LogP contribution in [0.2, 0.25) is 0 Å². The molecule has 2 aromatic carbocycles. The summed E-state index contributed by atoms with van der Waals surface area (Å²) < 4.78 is 2.03. The zero-order valence-corrected chi connectivity index (χ0v) is 25.6. The minimum atomic E-state index is -0.269. The molecule has 0 aliphatic carbocycles. The van der Waals surface area contributed by atoms with Gasteiger partial charge in [0.05, 0.1) is 6.33 Å². The Morgan fingerprint density at radius 1 is 1.07 bits per heavy atom. The standard InChI is InChI=1S/C32H40N10O2/c1-21(2)42-20-34-28-29(38-32(39-30(28)42)41-17-6-8-23(33)19-41)36-25-9-5-10-26(18-25)37-31(44)22-12-14-24(15-13-22)35-27(43)11-7-16-40(3)4/h5,7,9-15,18,20-21,23H,6,8,16-17,19,33H2,1-4H3,(H,35,43)(H,37,44)(H,36,38,39). The molecule has 12 heteroatoms.